The standard InChI is InChI=1S/C20H28N4O9/c1-9(20(32)33)22-17(29)13(7-11-3-5-12(26)6-4-11)23-18(30)14(8-15(27)28)24-19(31)16(21)10(2)25/h3-6,9-10,13-14,16,25-26H,7-8,21H2,1-2H3,(H,22,29)(H,23,30)(H,24,31)(H,27,28)(H,32,33). The number of aliphatic hydroxyl groups excluding tert-OH is 1. The Bertz CT molecular complexity index is 873. The van der Waals surface area contributed by atoms with Gasteiger partial charge in [-0.2, -0.15) is 0 Å². The minimum Gasteiger partial charge on any atom is -0.508 e. The molecular formula is C20H28N4O9. The van der Waals surface area contributed by atoms with Crippen molar-refractivity contribution < 1.29 is 44.4 Å². The van der Waals surface area contributed by atoms with Crippen molar-refractivity contribution in [2.45, 2.75) is 57.0 Å². The molecule has 5 unspecified atom stereocenters. The first-order valence-electron chi connectivity index (χ1n) is 9.89. The van der Waals surface area contributed by atoms with Crippen LogP contribution in [0.4, 0.5) is 0 Å². The average molecular weight is 468 g/mol. The van der Waals surface area contributed by atoms with Crippen molar-refractivity contribution in [1.82, 2.24) is 16.0 Å². The van der Waals surface area contributed by atoms with E-state index in [1.165, 1.54) is 38.1 Å². The van der Waals surface area contributed by atoms with E-state index in [1.807, 2.05) is 0 Å². The molecule has 5 atom stereocenters. The first kappa shape index (κ1) is 27.3. The topological polar surface area (TPSA) is 228 Å². The molecule has 182 valence electrons. The number of nitrogens with two attached hydrogens (primary N) is 1. The molecule has 13 heteroatoms. The van der Waals surface area contributed by atoms with Crippen LogP contribution in [0.2, 0.25) is 0 Å². The summed E-state index contributed by atoms with van der Waals surface area (Å²) in [4.78, 5) is 59.7. The van der Waals surface area contributed by atoms with Crippen LogP contribution >= 0.6 is 0 Å². The SMILES string of the molecule is CC(NC(=O)C(Cc1ccc(O)cc1)NC(=O)C(CC(=O)O)NC(=O)C(N)C(C)O)C(=O)O. The molecule has 13 nitrogen and oxygen atoms in total. The van der Waals surface area contributed by atoms with Gasteiger partial charge in [-0.25, -0.2) is 0 Å². The Balaban J connectivity index is 3.10. The number of hydrogen-bond donors (Lipinski definition) is 8. The molecule has 0 heterocycles. The molecule has 0 aliphatic rings. The summed E-state index contributed by atoms with van der Waals surface area (Å²) in [7, 11) is 0. The van der Waals surface area contributed by atoms with Gasteiger partial charge in [0.2, 0.25) is 17.7 Å². The maximum atomic E-state index is 12.8. The van der Waals surface area contributed by atoms with Gasteiger partial charge in [0.15, 0.2) is 0 Å². The van der Waals surface area contributed by atoms with Gasteiger partial charge in [0.1, 0.15) is 29.9 Å². The molecule has 0 aliphatic heterocycles. The molecule has 0 saturated carbocycles. The highest BCUT2D eigenvalue weighted by atomic mass is 16.4. The second-order valence-electron chi connectivity index (χ2n) is 7.43. The monoisotopic (exact) mass is 468 g/mol. The second kappa shape index (κ2) is 12.4. The predicted molar refractivity (Wildman–Crippen MR) is 113 cm³/mol. The maximum absolute atomic E-state index is 12.8. The smallest absolute Gasteiger partial charge is 0.325 e. The van der Waals surface area contributed by atoms with E-state index in [4.69, 9.17) is 15.9 Å². The highest BCUT2D eigenvalue weighted by molar-refractivity contribution is 5.95. The highest BCUT2D eigenvalue weighted by Gasteiger charge is 2.31. The lowest BCUT2D eigenvalue weighted by molar-refractivity contribution is -0.143. The molecule has 1 rings (SSSR count). The third-order valence-electron chi connectivity index (χ3n) is 4.57. The maximum Gasteiger partial charge on any atom is 0.325 e. The molecule has 33 heavy (non-hydrogen) atoms. The molecular weight excluding hydrogens is 440 g/mol. The molecule has 0 fully saturated rings. The number of carboxylic acids is 2. The van der Waals surface area contributed by atoms with E-state index >= 15 is 0 Å². The number of aliphatic hydroxyl groups is 1. The van der Waals surface area contributed by atoms with Crippen LogP contribution in [0.25, 0.3) is 0 Å². The number of amides is 3. The van der Waals surface area contributed by atoms with Gasteiger partial charge in [0, 0.05) is 6.42 Å². The average Bonchev–Trinajstić information content (AvgIpc) is 2.72. The van der Waals surface area contributed by atoms with Gasteiger partial charge in [-0.1, -0.05) is 12.1 Å². The Morgan fingerprint density at radius 1 is 0.879 bits per heavy atom. The Kier molecular flexibility index (Phi) is 10.2. The summed E-state index contributed by atoms with van der Waals surface area (Å²) < 4.78 is 0. The number of hydrogen-bond acceptors (Lipinski definition) is 8. The number of carbonyl (C=O) groups is 5. The predicted octanol–water partition coefficient (Wildman–Crippen LogP) is -2.32. The van der Waals surface area contributed by atoms with Crippen molar-refractivity contribution >= 4 is 29.7 Å². The van der Waals surface area contributed by atoms with Crippen molar-refractivity contribution in [3.05, 3.63) is 29.8 Å². The van der Waals surface area contributed by atoms with Gasteiger partial charge in [-0.05, 0) is 31.5 Å². The third kappa shape index (κ3) is 9.13. The van der Waals surface area contributed by atoms with Crippen molar-refractivity contribution in [3.63, 3.8) is 0 Å². The summed E-state index contributed by atoms with van der Waals surface area (Å²) in [5.41, 5.74) is 6.00. The number of benzene rings is 1. The summed E-state index contributed by atoms with van der Waals surface area (Å²) in [6.07, 6.45) is -2.25. The van der Waals surface area contributed by atoms with Crippen LogP contribution in [0.15, 0.2) is 24.3 Å². The lowest BCUT2D eigenvalue weighted by atomic mass is 10.0. The molecule has 1 aromatic carbocycles. The van der Waals surface area contributed by atoms with Crippen molar-refractivity contribution in [3.8, 4) is 5.75 Å². The molecule has 0 saturated heterocycles. The second-order valence-corrected chi connectivity index (χ2v) is 7.43. The van der Waals surface area contributed by atoms with Crippen LogP contribution in [-0.2, 0) is 30.4 Å². The molecule has 9 N–H and O–H groups in total. The Morgan fingerprint density at radius 2 is 1.39 bits per heavy atom. The van der Waals surface area contributed by atoms with Gasteiger partial charge in [0.25, 0.3) is 0 Å². The van der Waals surface area contributed by atoms with Crippen LogP contribution in [0.1, 0.15) is 25.8 Å². The minimum absolute atomic E-state index is 0.0398. The number of nitrogens with one attached hydrogen (secondary N) is 3. The molecule has 0 radical (unpaired) electrons. The summed E-state index contributed by atoms with van der Waals surface area (Å²) >= 11 is 0. The van der Waals surface area contributed by atoms with Gasteiger partial charge >= 0.3 is 11.9 Å². The quantitative estimate of drug-likeness (QED) is 0.163. The van der Waals surface area contributed by atoms with Crippen molar-refractivity contribution in [2.75, 3.05) is 0 Å². The number of carboxylic acid groups (broad SMARTS) is 2. The van der Waals surface area contributed by atoms with Crippen molar-refractivity contribution in [2.24, 2.45) is 5.73 Å². The lowest BCUT2D eigenvalue weighted by Crippen LogP contribution is -2.58. The van der Waals surface area contributed by atoms with Gasteiger partial charge in [0.05, 0.1) is 12.5 Å². The number of aromatic hydroxyl groups is 1. The highest BCUT2D eigenvalue weighted by Crippen LogP contribution is 2.12. The molecule has 0 aromatic heterocycles. The first-order valence-corrected chi connectivity index (χ1v) is 9.89. The van der Waals surface area contributed by atoms with Crippen LogP contribution in [0.3, 0.4) is 0 Å². The number of rotatable bonds is 12. The van der Waals surface area contributed by atoms with E-state index in [9.17, 15) is 34.2 Å². The van der Waals surface area contributed by atoms with Crippen molar-refractivity contribution in [1.29, 1.82) is 0 Å². The molecule has 0 spiro atoms. The summed E-state index contributed by atoms with van der Waals surface area (Å²) in [5, 5.41) is 43.6. The minimum atomic E-state index is -1.63. The number of aliphatic carboxylic acids is 2. The normalized spacial score (nSPS) is 15.3. The first-order chi connectivity index (χ1) is 15.3. The number of phenolic OH excluding ortho intramolecular Hbond substituents is 1. The van der Waals surface area contributed by atoms with Crippen LogP contribution in [0, 0.1) is 0 Å². The van der Waals surface area contributed by atoms with E-state index in [0.717, 1.165) is 0 Å². The van der Waals surface area contributed by atoms with Crippen LogP contribution in [-0.4, -0.2) is 80.4 Å². The zero-order valence-electron chi connectivity index (χ0n) is 18.0. The van der Waals surface area contributed by atoms with Gasteiger partial charge in [-0.3, -0.25) is 24.0 Å². The zero-order valence-corrected chi connectivity index (χ0v) is 18.0. The molecule has 1 aromatic rings. The summed E-state index contributed by atoms with van der Waals surface area (Å²) in [6.45, 7) is 2.45. The Hall–Kier alpha value is -3.71. The van der Waals surface area contributed by atoms with E-state index in [0.29, 0.717) is 5.56 Å². The van der Waals surface area contributed by atoms with Gasteiger partial charge in [-0.15, -0.1) is 0 Å². The molecule has 0 aliphatic carbocycles. The van der Waals surface area contributed by atoms with Crippen LogP contribution < -0.4 is 21.7 Å². The third-order valence-corrected chi connectivity index (χ3v) is 4.57. The van der Waals surface area contributed by atoms with E-state index in [2.05, 4.69) is 16.0 Å². The fraction of sp³-hybridized carbons (Fsp3) is 0.450. The van der Waals surface area contributed by atoms with E-state index < -0.39 is 66.4 Å². The number of carbonyl (C=O) groups excluding carboxylic acids is 3. The summed E-state index contributed by atoms with van der Waals surface area (Å²) in [6, 6.07) is -0.0549. The Morgan fingerprint density at radius 3 is 1.88 bits per heavy atom. The number of phenols is 1. The van der Waals surface area contributed by atoms with Gasteiger partial charge < -0.3 is 42.1 Å². The zero-order chi connectivity index (χ0) is 25.3. The summed E-state index contributed by atoms with van der Waals surface area (Å²) in [5.74, 6) is -5.67. The fourth-order valence-corrected chi connectivity index (χ4v) is 2.60. The van der Waals surface area contributed by atoms with Crippen LogP contribution in [0.5, 0.6) is 5.75 Å². The lowest BCUT2D eigenvalue weighted by Gasteiger charge is -2.24. The fourth-order valence-electron chi connectivity index (χ4n) is 2.60. The largest absolute Gasteiger partial charge is 0.508 e. The van der Waals surface area contributed by atoms with E-state index in [1.54, 1.807) is 0 Å². The molecule has 3 amide bonds. The Labute approximate surface area is 189 Å². The van der Waals surface area contributed by atoms with E-state index in [-0.39, 0.29) is 12.2 Å². The molecule has 0 bridgehead atoms.